The quantitative estimate of drug-likeness (QED) is 0.717. The second-order valence-corrected chi connectivity index (χ2v) is 3.37. The Labute approximate surface area is 83.1 Å². The Morgan fingerprint density at radius 2 is 2.14 bits per heavy atom. The first-order chi connectivity index (χ1) is 6.74. The number of fused-ring (bicyclic) bond motifs is 1. The number of aromatic nitrogens is 1. The fourth-order valence-electron chi connectivity index (χ4n) is 1.71. The first-order valence-corrected chi connectivity index (χ1v) is 4.59. The van der Waals surface area contributed by atoms with Crippen LogP contribution in [0.25, 0.3) is 10.9 Å². The summed E-state index contributed by atoms with van der Waals surface area (Å²) < 4.78 is 1.99. The zero-order valence-electron chi connectivity index (χ0n) is 8.14. The molecule has 0 saturated carbocycles. The van der Waals surface area contributed by atoms with Crippen LogP contribution >= 0.6 is 0 Å². The lowest BCUT2D eigenvalue weighted by atomic mass is 10.2. The number of aliphatic hydroxyl groups excluding tert-OH is 1. The molecule has 0 radical (unpaired) electrons. The third kappa shape index (κ3) is 1.24. The van der Waals surface area contributed by atoms with Crippen LogP contribution < -0.4 is 0 Å². The van der Waals surface area contributed by atoms with Crippen molar-refractivity contribution in [2.75, 3.05) is 0 Å². The highest BCUT2D eigenvalue weighted by molar-refractivity contribution is 5.81. The molecule has 1 aromatic heterocycles. The number of nitrogens with zero attached hydrogens (tertiary/aromatic N) is 1. The van der Waals surface area contributed by atoms with E-state index < -0.39 is 6.10 Å². The lowest BCUT2D eigenvalue weighted by molar-refractivity contribution is 0.221. The summed E-state index contributed by atoms with van der Waals surface area (Å²) in [5.74, 6) is 0. The van der Waals surface area contributed by atoms with Gasteiger partial charge in [0.2, 0.25) is 0 Å². The second kappa shape index (κ2) is 3.31. The van der Waals surface area contributed by atoms with E-state index in [1.165, 1.54) is 6.08 Å². The molecule has 0 aliphatic heterocycles. The Hall–Kier alpha value is -1.54. The van der Waals surface area contributed by atoms with Gasteiger partial charge in [-0.2, -0.15) is 0 Å². The van der Waals surface area contributed by atoms with Crippen molar-refractivity contribution in [2.45, 2.75) is 6.10 Å². The zero-order chi connectivity index (χ0) is 10.1. The Bertz CT molecular complexity index is 470. The summed E-state index contributed by atoms with van der Waals surface area (Å²) in [6.07, 6.45) is 0.946. The fourth-order valence-corrected chi connectivity index (χ4v) is 1.71. The maximum absolute atomic E-state index is 9.67. The number of hydrogen-bond acceptors (Lipinski definition) is 1. The molecule has 0 amide bonds. The predicted octanol–water partition coefficient (Wildman–Crippen LogP) is 2.40. The minimum absolute atomic E-state index is 0.590. The highest BCUT2D eigenvalue weighted by atomic mass is 16.3. The summed E-state index contributed by atoms with van der Waals surface area (Å²) in [6.45, 7) is 3.58. The van der Waals surface area contributed by atoms with Crippen LogP contribution in [-0.2, 0) is 7.05 Å². The van der Waals surface area contributed by atoms with E-state index in [0.29, 0.717) is 0 Å². The first kappa shape index (κ1) is 9.03. The van der Waals surface area contributed by atoms with Crippen molar-refractivity contribution >= 4 is 10.9 Å². The fraction of sp³-hybridized carbons (Fsp3) is 0.167. The Morgan fingerprint density at radius 3 is 2.79 bits per heavy atom. The summed E-state index contributed by atoms with van der Waals surface area (Å²) >= 11 is 0. The minimum Gasteiger partial charge on any atom is -0.383 e. The maximum Gasteiger partial charge on any atom is 0.112 e. The molecular weight excluding hydrogens is 174 g/mol. The molecule has 0 fully saturated rings. The van der Waals surface area contributed by atoms with Gasteiger partial charge in [-0.25, -0.2) is 0 Å². The van der Waals surface area contributed by atoms with E-state index in [0.717, 1.165) is 16.6 Å². The highest BCUT2D eigenvalue weighted by Crippen LogP contribution is 2.23. The molecule has 2 aromatic rings. The summed E-state index contributed by atoms with van der Waals surface area (Å²) in [4.78, 5) is 0. The van der Waals surface area contributed by atoms with Crippen molar-refractivity contribution in [1.82, 2.24) is 4.57 Å². The molecule has 2 heteroatoms. The van der Waals surface area contributed by atoms with Crippen molar-refractivity contribution in [2.24, 2.45) is 7.05 Å². The predicted molar refractivity (Wildman–Crippen MR) is 58.1 cm³/mol. The molecule has 1 aromatic carbocycles. The molecule has 72 valence electrons. The molecule has 1 N–H and O–H groups in total. The van der Waals surface area contributed by atoms with E-state index in [1.807, 2.05) is 41.9 Å². The average molecular weight is 187 g/mol. The number of hydrogen-bond donors (Lipinski definition) is 1. The van der Waals surface area contributed by atoms with E-state index in [1.54, 1.807) is 0 Å². The van der Waals surface area contributed by atoms with Crippen LogP contribution in [0.3, 0.4) is 0 Å². The van der Waals surface area contributed by atoms with Gasteiger partial charge >= 0.3 is 0 Å². The molecule has 2 rings (SSSR count). The molecule has 1 heterocycles. The van der Waals surface area contributed by atoms with Crippen LogP contribution in [0.1, 0.15) is 11.8 Å². The number of para-hydroxylation sites is 1. The smallest absolute Gasteiger partial charge is 0.112 e. The molecule has 14 heavy (non-hydrogen) atoms. The Morgan fingerprint density at radius 1 is 1.43 bits per heavy atom. The van der Waals surface area contributed by atoms with Gasteiger partial charge in [0.05, 0.1) is 5.69 Å². The van der Waals surface area contributed by atoms with Crippen LogP contribution in [0.2, 0.25) is 0 Å². The Kier molecular flexibility index (Phi) is 2.14. The van der Waals surface area contributed by atoms with Crippen LogP contribution in [-0.4, -0.2) is 9.67 Å². The summed E-state index contributed by atoms with van der Waals surface area (Å²) in [6, 6.07) is 10.0. The van der Waals surface area contributed by atoms with Crippen molar-refractivity contribution in [3.05, 3.63) is 48.7 Å². The van der Waals surface area contributed by atoms with Gasteiger partial charge in [-0.05, 0) is 17.5 Å². The molecule has 0 bridgehead atoms. The van der Waals surface area contributed by atoms with Crippen molar-refractivity contribution < 1.29 is 5.11 Å². The first-order valence-electron chi connectivity index (χ1n) is 4.59. The normalized spacial score (nSPS) is 13.0. The molecule has 0 aliphatic carbocycles. The van der Waals surface area contributed by atoms with Crippen molar-refractivity contribution in [1.29, 1.82) is 0 Å². The molecule has 1 unspecified atom stereocenters. The van der Waals surface area contributed by atoms with Gasteiger partial charge in [0.25, 0.3) is 0 Å². The van der Waals surface area contributed by atoms with E-state index in [2.05, 4.69) is 6.58 Å². The van der Waals surface area contributed by atoms with Crippen molar-refractivity contribution in [3.63, 3.8) is 0 Å². The largest absolute Gasteiger partial charge is 0.383 e. The van der Waals surface area contributed by atoms with Crippen LogP contribution in [0.5, 0.6) is 0 Å². The van der Waals surface area contributed by atoms with Gasteiger partial charge in [0.1, 0.15) is 6.10 Å². The van der Waals surface area contributed by atoms with Gasteiger partial charge < -0.3 is 9.67 Å². The minimum atomic E-state index is -0.590. The van der Waals surface area contributed by atoms with Crippen LogP contribution in [0.4, 0.5) is 0 Å². The molecule has 1 atom stereocenters. The number of aliphatic hydroxyl groups is 1. The monoisotopic (exact) mass is 187 g/mol. The molecule has 2 nitrogen and oxygen atoms in total. The lowest BCUT2D eigenvalue weighted by Crippen LogP contribution is -2.00. The topological polar surface area (TPSA) is 25.2 Å². The molecule has 0 spiro atoms. The molecular formula is C12H13NO. The van der Waals surface area contributed by atoms with Crippen LogP contribution in [0.15, 0.2) is 43.0 Å². The third-order valence-electron chi connectivity index (χ3n) is 2.52. The number of rotatable bonds is 2. The summed E-state index contributed by atoms with van der Waals surface area (Å²) in [5.41, 5.74) is 2.00. The summed E-state index contributed by atoms with van der Waals surface area (Å²) in [7, 11) is 1.95. The van der Waals surface area contributed by atoms with Crippen molar-refractivity contribution in [3.8, 4) is 0 Å². The van der Waals surface area contributed by atoms with Gasteiger partial charge in [-0.15, -0.1) is 6.58 Å². The van der Waals surface area contributed by atoms with E-state index in [-0.39, 0.29) is 0 Å². The standard InChI is InChI=1S/C12H13NO/c1-3-12(14)11-8-9-6-4-5-7-10(9)13(11)2/h3-8,12,14H,1H2,2H3. The zero-order valence-corrected chi connectivity index (χ0v) is 8.14. The lowest BCUT2D eigenvalue weighted by Gasteiger charge is -2.06. The third-order valence-corrected chi connectivity index (χ3v) is 2.52. The van der Waals surface area contributed by atoms with Gasteiger partial charge in [-0.1, -0.05) is 24.3 Å². The van der Waals surface area contributed by atoms with E-state index in [9.17, 15) is 5.11 Å². The highest BCUT2D eigenvalue weighted by Gasteiger charge is 2.09. The Balaban J connectivity index is 2.68. The average Bonchev–Trinajstić information content (AvgIpc) is 2.56. The summed E-state index contributed by atoms with van der Waals surface area (Å²) in [5, 5.41) is 10.8. The van der Waals surface area contributed by atoms with Gasteiger partial charge in [0, 0.05) is 12.6 Å². The number of aryl methyl sites for hydroxylation is 1. The van der Waals surface area contributed by atoms with Crippen LogP contribution in [0, 0.1) is 0 Å². The maximum atomic E-state index is 9.67. The van der Waals surface area contributed by atoms with Gasteiger partial charge in [0.15, 0.2) is 0 Å². The number of benzene rings is 1. The second-order valence-electron chi connectivity index (χ2n) is 3.37. The van der Waals surface area contributed by atoms with E-state index in [4.69, 9.17) is 0 Å². The molecule has 0 aliphatic rings. The SMILES string of the molecule is C=CC(O)c1cc2ccccc2n1C. The van der Waals surface area contributed by atoms with E-state index >= 15 is 0 Å². The molecule has 0 saturated heterocycles. The van der Waals surface area contributed by atoms with Gasteiger partial charge in [-0.3, -0.25) is 0 Å².